The molecule has 2 aromatic rings. The number of hydrogen-bond donors (Lipinski definition) is 1. The lowest BCUT2D eigenvalue weighted by atomic mass is 10.1. The fourth-order valence-corrected chi connectivity index (χ4v) is 3.81. The molecule has 1 amide bonds. The van der Waals surface area contributed by atoms with Crippen LogP contribution in [0.5, 0.6) is 0 Å². The van der Waals surface area contributed by atoms with Gasteiger partial charge in [-0.15, -0.1) is 11.3 Å². The van der Waals surface area contributed by atoms with Gasteiger partial charge in [-0.1, -0.05) is 29.8 Å². The number of carbonyl (C=O) groups is 1. The SMILES string of the molecule is CC(c1ccccc1Cl)N1CCN(CC(=O)Nc2nccs2)CC1. The molecule has 1 N–H and O–H groups in total. The third-order valence-corrected chi connectivity index (χ3v) is 5.39. The Morgan fingerprint density at radius 3 is 2.75 bits per heavy atom. The number of benzene rings is 1. The van der Waals surface area contributed by atoms with Gasteiger partial charge in [0.1, 0.15) is 0 Å². The van der Waals surface area contributed by atoms with Crippen LogP contribution >= 0.6 is 22.9 Å². The van der Waals surface area contributed by atoms with Crippen molar-refractivity contribution in [3.63, 3.8) is 0 Å². The summed E-state index contributed by atoms with van der Waals surface area (Å²) in [5.74, 6) is -0.00227. The van der Waals surface area contributed by atoms with Gasteiger partial charge in [0.2, 0.25) is 5.91 Å². The lowest BCUT2D eigenvalue weighted by Gasteiger charge is -2.38. The molecule has 1 aromatic carbocycles. The van der Waals surface area contributed by atoms with Crippen LogP contribution in [0.2, 0.25) is 5.02 Å². The van der Waals surface area contributed by atoms with Crippen LogP contribution in [0, 0.1) is 0 Å². The quantitative estimate of drug-likeness (QED) is 0.885. The summed E-state index contributed by atoms with van der Waals surface area (Å²) in [4.78, 5) is 20.7. The standard InChI is InChI=1S/C17H21ClN4OS/c1-13(14-4-2-3-5-15(14)18)22-9-7-21(8-10-22)12-16(23)20-17-19-6-11-24-17/h2-6,11,13H,7-10,12H2,1H3,(H,19,20,23). The number of piperazine rings is 1. The highest BCUT2D eigenvalue weighted by atomic mass is 35.5. The van der Waals surface area contributed by atoms with E-state index in [1.165, 1.54) is 11.3 Å². The molecule has 1 saturated heterocycles. The van der Waals surface area contributed by atoms with Crippen molar-refractivity contribution in [1.29, 1.82) is 0 Å². The van der Waals surface area contributed by atoms with Gasteiger partial charge < -0.3 is 5.32 Å². The molecule has 1 aromatic heterocycles. The third kappa shape index (κ3) is 4.33. The summed E-state index contributed by atoms with van der Waals surface area (Å²) in [6, 6.07) is 8.28. The highest BCUT2D eigenvalue weighted by Crippen LogP contribution is 2.27. The maximum Gasteiger partial charge on any atom is 0.240 e. The second-order valence-corrected chi connectivity index (χ2v) is 7.20. The Labute approximate surface area is 151 Å². The first-order valence-electron chi connectivity index (χ1n) is 8.03. The Bertz CT molecular complexity index is 671. The van der Waals surface area contributed by atoms with Gasteiger partial charge in [0, 0.05) is 48.8 Å². The van der Waals surface area contributed by atoms with Crippen molar-refractivity contribution in [3.05, 3.63) is 46.4 Å². The van der Waals surface area contributed by atoms with E-state index in [0.717, 1.165) is 36.8 Å². The van der Waals surface area contributed by atoms with E-state index in [0.29, 0.717) is 11.7 Å². The highest BCUT2D eigenvalue weighted by Gasteiger charge is 2.24. The summed E-state index contributed by atoms with van der Waals surface area (Å²) in [7, 11) is 0. The van der Waals surface area contributed by atoms with E-state index in [-0.39, 0.29) is 11.9 Å². The maximum atomic E-state index is 12.0. The molecule has 3 rings (SSSR count). The second kappa shape index (κ2) is 8.07. The fourth-order valence-electron chi connectivity index (χ4n) is 2.97. The zero-order chi connectivity index (χ0) is 16.9. The van der Waals surface area contributed by atoms with Crippen LogP contribution in [-0.4, -0.2) is 53.4 Å². The van der Waals surface area contributed by atoms with Crippen molar-refractivity contribution >= 4 is 34.0 Å². The number of nitrogens with zero attached hydrogens (tertiary/aromatic N) is 3. The minimum Gasteiger partial charge on any atom is -0.301 e. The Hall–Kier alpha value is -1.47. The molecule has 128 valence electrons. The molecule has 1 fully saturated rings. The number of carbonyl (C=O) groups excluding carboxylic acids is 1. The first-order chi connectivity index (χ1) is 11.6. The number of nitrogens with one attached hydrogen (secondary N) is 1. The van der Waals surface area contributed by atoms with Gasteiger partial charge in [-0.2, -0.15) is 0 Å². The maximum absolute atomic E-state index is 12.0. The first kappa shape index (κ1) is 17.4. The van der Waals surface area contributed by atoms with Crippen LogP contribution in [0.4, 0.5) is 5.13 Å². The van der Waals surface area contributed by atoms with Gasteiger partial charge >= 0.3 is 0 Å². The molecule has 5 nitrogen and oxygen atoms in total. The number of amides is 1. The molecule has 0 bridgehead atoms. The molecule has 0 spiro atoms. The number of rotatable bonds is 5. The molecule has 0 saturated carbocycles. The van der Waals surface area contributed by atoms with Crippen LogP contribution in [0.25, 0.3) is 0 Å². The molecular formula is C17H21ClN4OS. The number of thiazole rings is 1. The van der Waals surface area contributed by atoms with Gasteiger partial charge in [0.05, 0.1) is 6.54 Å². The lowest BCUT2D eigenvalue weighted by Crippen LogP contribution is -2.49. The van der Waals surface area contributed by atoms with Gasteiger partial charge in [-0.3, -0.25) is 14.6 Å². The lowest BCUT2D eigenvalue weighted by molar-refractivity contribution is -0.117. The molecule has 1 aliphatic heterocycles. The van der Waals surface area contributed by atoms with E-state index < -0.39 is 0 Å². The Balaban J connectivity index is 1.49. The molecule has 0 radical (unpaired) electrons. The second-order valence-electron chi connectivity index (χ2n) is 5.90. The monoisotopic (exact) mass is 364 g/mol. The Morgan fingerprint density at radius 1 is 1.33 bits per heavy atom. The third-order valence-electron chi connectivity index (χ3n) is 4.36. The minimum absolute atomic E-state index is 0.00227. The van der Waals surface area contributed by atoms with E-state index in [2.05, 4.69) is 33.1 Å². The normalized spacial score (nSPS) is 17.6. The number of hydrogen-bond acceptors (Lipinski definition) is 5. The average Bonchev–Trinajstić information content (AvgIpc) is 3.08. The van der Waals surface area contributed by atoms with E-state index in [9.17, 15) is 4.79 Å². The summed E-state index contributed by atoms with van der Waals surface area (Å²) in [6.45, 7) is 6.20. The smallest absolute Gasteiger partial charge is 0.240 e. The van der Waals surface area contributed by atoms with E-state index >= 15 is 0 Å². The predicted molar refractivity (Wildman–Crippen MR) is 98.6 cm³/mol. The van der Waals surface area contributed by atoms with Crippen molar-refractivity contribution in [2.24, 2.45) is 0 Å². The zero-order valence-corrected chi connectivity index (χ0v) is 15.2. The molecule has 1 unspecified atom stereocenters. The van der Waals surface area contributed by atoms with E-state index in [1.54, 1.807) is 6.20 Å². The first-order valence-corrected chi connectivity index (χ1v) is 9.29. The Morgan fingerprint density at radius 2 is 2.08 bits per heavy atom. The van der Waals surface area contributed by atoms with Crippen LogP contribution in [0.1, 0.15) is 18.5 Å². The van der Waals surface area contributed by atoms with Gasteiger partial charge in [0.15, 0.2) is 5.13 Å². The van der Waals surface area contributed by atoms with Gasteiger partial charge in [-0.05, 0) is 18.6 Å². The fraction of sp³-hybridized carbons (Fsp3) is 0.412. The van der Waals surface area contributed by atoms with Crippen LogP contribution in [0.3, 0.4) is 0 Å². The largest absolute Gasteiger partial charge is 0.301 e. The highest BCUT2D eigenvalue weighted by molar-refractivity contribution is 7.13. The van der Waals surface area contributed by atoms with Crippen LogP contribution in [0.15, 0.2) is 35.8 Å². The molecule has 24 heavy (non-hydrogen) atoms. The predicted octanol–water partition coefficient (Wildman–Crippen LogP) is 3.11. The van der Waals surface area contributed by atoms with E-state index in [1.807, 2.05) is 23.6 Å². The van der Waals surface area contributed by atoms with Gasteiger partial charge in [0.25, 0.3) is 0 Å². The average molecular weight is 365 g/mol. The summed E-state index contributed by atoms with van der Waals surface area (Å²) in [6.07, 6.45) is 1.69. The number of aromatic nitrogens is 1. The summed E-state index contributed by atoms with van der Waals surface area (Å²) in [5.41, 5.74) is 1.16. The van der Waals surface area contributed by atoms with E-state index in [4.69, 9.17) is 11.6 Å². The molecule has 1 aliphatic rings. The van der Waals surface area contributed by atoms with Crippen molar-refractivity contribution in [1.82, 2.24) is 14.8 Å². The number of halogens is 1. The van der Waals surface area contributed by atoms with Crippen LogP contribution in [-0.2, 0) is 4.79 Å². The molecular weight excluding hydrogens is 344 g/mol. The molecule has 1 atom stereocenters. The molecule has 7 heteroatoms. The van der Waals surface area contributed by atoms with Crippen molar-refractivity contribution in [3.8, 4) is 0 Å². The topological polar surface area (TPSA) is 48.5 Å². The van der Waals surface area contributed by atoms with Gasteiger partial charge in [-0.25, -0.2) is 4.98 Å². The summed E-state index contributed by atoms with van der Waals surface area (Å²) in [5, 5.41) is 6.16. The number of anilines is 1. The van der Waals surface area contributed by atoms with Crippen molar-refractivity contribution in [2.75, 3.05) is 38.0 Å². The minimum atomic E-state index is -0.00227. The zero-order valence-electron chi connectivity index (χ0n) is 13.6. The Kier molecular flexibility index (Phi) is 5.84. The molecule has 2 heterocycles. The van der Waals surface area contributed by atoms with Crippen molar-refractivity contribution in [2.45, 2.75) is 13.0 Å². The van der Waals surface area contributed by atoms with Crippen molar-refractivity contribution < 1.29 is 4.79 Å². The summed E-state index contributed by atoms with van der Waals surface area (Å²) < 4.78 is 0. The summed E-state index contributed by atoms with van der Waals surface area (Å²) >= 11 is 7.74. The molecule has 0 aliphatic carbocycles. The van der Waals surface area contributed by atoms with Crippen LogP contribution < -0.4 is 5.32 Å².